The topological polar surface area (TPSA) is 59.8 Å². The van der Waals surface area contributed by atoms with E-state index in [1.807, 2.05) is 34.9 Å². The molecule has 1 N–H and O–H groups in total. The van der Waals surface area contributed by atoms with Crippen LogP contribution in [0.25, 0.3) is 5.69 Å². The maximum absolute atomic E-state index is 12.4. The van der Waals surface area contributed by atoms with Crippen molar-refractivity contribution < 1.29 is 4.79 Å². The molecule has 2 aromatic carbocycles. The number of thioether (sulfide) groups is 1. The van der Waals surface area contributed by atoms with E-state index >= 15 is 0 Å². The second-order valence-electron chi connectivity index (χ2n) is 6.22. The molecule has 0 radical (unpaired) electrons. The van der Waals surface area contributed by atoms with Crippen molar-refractivity contribution in [3.63, 3.8) is 0 Å². The molecule has 0 bridgehead atoms. The fourth-order valence-electron chi connectivity index (χ4n) is 2.72. The van der Waals surface area contributed by atoms with Gasteiger partial charge in [-0.3, -0.25) is 9.36 Å². The van der Waals surface area contributed by atoms with Gasteiger partial charge in [0.2, 0.25) is 5.91 Å². The molecule has 1 heterocycles. The number of aromatic nitrogens is 3. The first-order valence-corrected chi connectivity index (χ1v) is 10.2. The maximum atomic E-state index is 12.4. The van der Waals surface area contributed by atoms with Crippen LogP contribution in [0.4, 0.5) is 5.69 Å². The molecule has 5 nitrogen and oxygen atoms in total. The number of hydrogen-bond acceptors (Lipinski definition) is 4. The molecule has 138 valence electrons. The van der Waals surface area contributed by atoms with Gasteiger partial charge in [-0.05, 0) is 37.1 Å². The number of nitrogens with one attached hydrogen (secondary N) is 1. The van der Waals surface area contributed by atoms with Gasteiger partial charge in [-0.2, -0.15) is 0 Å². The molecular formula is C19H16Cl2N4OS. The molecule has 1 aromatic heterocycles. The number of para-hydroxylation sites is 2. The van der Waals surface area contributed by atoms with Gasteiger partial charge in [0, 0.05) is 11.6 Å². The smallest absolute Gasteiger partial charge is 0.234 e. The van der Waals surface area contributed by atoms with Crippen molar-refractivity contribution in [2.45, 2.75) is 23.9 Å². The number of halogens is 2. The maximum Gasteiger partial charge on any atom is 0.234 e. The van der Waals surface area contributed by atoms with Crippen LogP contribution in [0.3, 0.4) is 0 Å². The van der Waals surface area contributed by atoms with E-state index in [1.54, 1.807) is 18.2 Å². The summed E-state index contributed by atoms with van der Waals surface area (Å²) in [6.07, 6.45) is 2.25. The normalized spacial score (nSPS) is 13.6. The standard InChI is InChI=1S/C19H16Cl2N4OS/c20-14-7-4-8-15(21)17(14)22-16(26)11-27-19-24-23-18(12-9-10-12)25(19)13-5-2-1-3-6-13/h1-8,12H,9-11H2,(H,22,26). The van der Waals surface area contributed by atoms with E-state index in [4.69, 9.17) is 23.2 Å². The Balaban J connectivity index is 1.51. The highest BCUT2D eigenvalue weighted by Gasteiger charge is 2.31. The number of anilines is 1. The van der Waals surface area contributed by atoms with Crippen LogP contribution < -0.4 is 5.32 Å². The minimum absolute atomic E-state index is 0.178. The van der Waals surface area contributed by atoms with Crippen molar-refractivity contribution in [1.29, 1.82) is 0 Å². The molecule has 3 aromatic rings. The van der Waals surface area contributed by atoms with E-state index in [2.05, 4.69) is 15.5 Å². The average Bonchev–Trinajstić information content (AvgIpc) is 3.43. The largest absolute Gasteiger partial charge is 0.323 e. The molecule has 27 heavy (non-hydrogen) atoms. The predicted octanol–water partition coefficient (Wildman–Crippen LogP) is 5.18. The second-order valence-corrected chi connectivity index (χ2v) is 7.98. The van der Waals surface area contributed by atoms with Gasteiger partial charge in [0.25, 0.3) is 0 Å². The Morgan fingerprint density at radius 2 is 1.78 bits per heavy atom. The van der Waals surface area contributed by atoms with Crippen LogP contribution in [0.1, 0.15) is 24.6 Å². The number of carbonyl (C=O) groups excluding carboxylic acids is 1. The van der Waals surface area contributed by atoms with Crippen molar-refractivity contribution >= 4 is 46.6 Å². The number of benzene rings is 2. The van der Waals surface area contributed by atoms with E-state index in [0.717, 1.165) is 24.4 Å². The molecule has 0 unspecified atom stereocenters. The molecular weight excluding hydrogens is 403 g/mol. The van der Waals surface area contributed by atoms with E-state index in [0.29, 0.717) is 26.8 Å². The highest BCUT2D eigenvalue weighted by molar-refractivity contribution is 7.99. The lowest BCUT2D eigenvalue weighted by atomic mass is 10.3. The SMILES string of the molecule is O=C(CSc1nnc(C2CC2)n1-c1ccccc1)Nc1c(Cl)cccc1Cl. The minimum Gasteiger partial charge on any atom is -0.323 e. The summed E-state index contributed by atoms with van der Waals surface area (Å²) < 4.78 is 2.04. The summed E-state index contributed by atoms with van der Waals surface area (Å²) in [6.45, 7) is 0. The lowest BCUT2D eigenvalue weighted by Crippen LogP contribution is -2.15. The van der Waals surface area contributed by atoms with Crippen LogP contribution >= 0.6 is 35.0 Å². The van der Waals surface area contributed by atoms with Gasteiger partial charge < -0.3 is 5.32 Å². The molecule has 1 saturated carbocycles. The zero-order valence-corrected chi connectivity index (χ0v) is 16.6. The van der Waals surface area contributed by atoms with Crippen LogP contribution in [0.15, 0.2) is 53.7 Å². The summed E-state index contributed by atoms with van der Waals surface area (Å²) in [7, 11) is 0. The number of hydrogen-bond donors (Lipinski definition) is 1. The van der Waals surface area contributed by atoms with Crippen molar-refractivity contribution in [2.24, 2.45) is 0 Å². The number of carbonyl (C=O) groups is 1. The summed E-state index contributed by atoms with van der Waals surface area (Å²) in [5.74, 6) is 1.38. The highest BCUT2D eigenvalue weighted by Crippen LogP contribution is 2.41. The van der Waals surface area contributed by atoms with Crippen LogP contribution in [0.5, 0.6) is 0 Å². The van der Waals surface area contributed by atoms with Crippen LogP contribution in [0, 0.1) is 0 Å². The third-order valence-electron chi connectivity index (χ3n) is 4.17. The fraction of sp³-hybridized carbons (Fsp3) is 0.211. The van der Waals surface area contributed by atoms with Gasteiger partial charge >= 0.3 is 0 Å². The Morgan fingerprint density at radius 3 is 2.44 bits per heavy atom. The fourth-order valence-corrected chi connectivity index (χ4v) is 3.97. The first-order valence-electron chi connectivity index (χ1n) is 8.51. The number of amides is 1. The molecule has 0 aliphatic heterocycles. The monoisotopic (exact) mass is 418 g/mol. The van der Waals surface area contributed by atoms with Gasteiger partial charge in [0.1, 0.15) is 5.82 Å². The lowest BCUT2D eigenvalue weighted by Gasteiger charge is -2.11. The zero-order chi connectivity index (χ0) is 18.8. The number of rotatable bonds is 6. The van der Waals surface area contributed by atoms with Crippen molar-refractivity contribution in [3.8, 4) is 5.69 Å². The quantitative estimate of drug-likeness (QED) is 0.560. The first-order chi connectivity index (χ1) is 13.1. The van der Waals surface area contributed by atoms with E-state index in [-0.39, 0.29) is 11.7 Å². The van der Waals surface area contributed by atoms with Gasteiger partial charge in [-0.25, -0.2) is 0 Å². The van der Waals surface area contributed by atoms with Gasteiger partial charge in [-0.1, -0.05) is 59.2 Å². The van der Waals surface area contributed by atoms with Crippen LogP contribution in [0.2, 0.25) is 10.0 Å². The molecule has 1 fully saturated rings. The van der Waals surface area contributed by atoms with Gasteiger partial charge in [0.15, 0.2) is 5.16 Å². The molecule has 0 saturated heterocycles. The van der Waals surface area contributed by atoms with Crippen LogP contribution in [-0.4, -0.2) is 26.4 Å². The molecule has 0 spiro atoms. The molecule has 0 atom stereocenters. The summed E-state index contributed by atoms with van der Waals surface area (Å²) >= 11 is 13.6. The van der Waals surface area contributed by atoms with Gasteiger partial charge in [-0.15, -0.1) is 10.2 Å². The van der Waals surface area contributed by atoms with Crippen molar-refractivity contribution in [2.75, 3.05) is 11.1 Å². The predicted molar refractivity (Wildman–Crippen MR) is 109 cm³/mol. The third-order valence-corrected chi connectivity index (χ3v) is 5.73. The Hall–Kier alpha value is -2.02. The van der Waals surface area contributed by atoms with Crippen molar-refractivity contribution in [1.82, 2.24) is 14.8 Å². The highest BCUT2D eigenvalue weighted by atomic mass is 35.5. The minimum atomic E-state index is -0.203. The van der Waals surface area contributed by atoms with Gasteiger partial charge in [0.05, 0.1) is 21.5 Å². The third kappa shape index (κ3) is 4.13. The summed E-state index contributed by atoms with van der Waals surface area (Å²) in [5, 5.41) is 13.0. The Labute approximate surface area is 171 Å². The summed E-state index contributed by atoms with van der Waals surface area (Å²) in [4.78, 5) is 12.4. The lowest BCUT2D eigenvalue weighted by molar-refractivity contribution is -0.113. The average molecular weight is 419 g/mol. The van der Waals surface area contributed by atoms with E-state index in [9.17, 15) is 4.79 Å². The van der Waals surface area contributed by atoms with Crippen LogP contribution in [-0.2, 0) is 4.79 Å². The Morgan fingerprint density at radius 1 is 1.07 bits per heavy atom. The zero-order valence-electron chi connectivity index (χ0n) is 14.2. The molecule has 1 aliphatic rings. The number of nitrogens with zero attached hydrogens (tertiary/aromatic N) is 3. The molecule has 4 rings (SSSR count). The first kappa shape index (κ1) is 18.3. The van der Waals surface area contributed by atoms with Crippen molar-refractivity contribution in [3.05, 3.63) is 64.4 Å². The molecule has 1 aliphatic carbocycles. The summed E-state index contributed by atoms with van der Waals surface area (Å²) in [5.41, 5.74) is 1.43. The molecule has 8 heteroatoms. The summed E-state index contributed by atoms with van der Waals surface area (Å²) in [6, 6.07) is 15.1. The van der Waals surface area contributed by atoms with E-state index in [1.165, 1.54) is 11.8 Å². The molecule has 1 amide bonds. The Bertz CT molecular complexity index is 953. The van der Waals surface area contributed by atoms with E-state index < -0.39 is 0 Å². The second kappa shape index (κ2) is 7.92. The Kier molecular flexibility index (Phi) is 5.38.